The molecule has 0 unspecified atom stereocenters. The summed E-state index contributed by atoms with van der Waals surface area (Å²) in [5, 5.41) is 7.51. The minimum Gasteiger partial charge on any atom is -0.264 e. The minimum absolute atomic E-state index is 0. The van der Waals surface area contributed by atoms with Gasteiger partial charge in [-0.05, 0) is 0 Å². The maximum absolute atomic E-state index is 8.74. The summed E-state index contributed by atoms with van der Waals surface area (Å²) >= 11 is 0. The normalized spacial score (nSPS) is 7.30. The van der Waals surface area contributed by atoms with Gasteiger partial charge in [-0.3, -0.25) is 9.11 Å². The third-order valence-electron chi connectivity index (χ3n) is 0.0913. The van der Waals surface area contributed by atoms with Crippen LogP contribution in [0.5, 0.6) is 0 Å². The molecule has 0 aliphatic carbocycles. The van der Waals surface area contributed by atoms with Gasteiger partial charge in [-0.2, -0.15) is 13.7 Å². The molecule has 0 aromatic heterocycles. The predicted molar refractivity (Wildman–Crippen MR) is 30.0 cm³/mol. The van der Waals surface area contributed by atoms with Crippen LogP contribution < -0.4 is 0 Å². The molecule has 0 rings (SSSR count). The van der Waals surface area contributed by atoms with E-state index >= 15 is 0 Å². The van der Waals surface area contributed by atoms with Crippen molar-refractivity contribution in [3.05, 3.63) is 12.7 Å². The Balaban J connectivity index is -0.0000000910. The van der Waals surface area contributed by atoms with Gasteiger partial charge < -0.3 is 0 Å². The van der Waals surface area contributed by atoms with Crippen molar-refractivity contribution in [1.29, 1.82) is 5.26 Å². The van der Waals surface area contributed by atoms with Gasteiger partial charge in [-0.15, -0.1) is 0 Å². The second kappa shape index (κ2) is 8.62. The molecule has 0 aromatic carbocycles. The van der Waals surface area contributed by atoms with Crippen molar-refractivity contribution < 1.29 is 34.6 Å². The molecular formula is C3H5CuNO4S. The number of nitrogens with zero attached hydrogens (tertiary/aromatic N) is 1. The SMILES string of the molecule is C=CC#N.O=S(=O)(O)O.[Cu]. The molecule has 63 valence electrons. The van der Waals surface area contributed by atoms with Crippen molar-refractivity contribution >= 4 is 10.4 Å². The van der Waals surface area contributed by atoms with Crippen molar-refractivity contribution in [2.24, 2.45) is 0 Å². The quantitative estimate of drug-likeness (QED) is 0.337. The van der Waals surface area contributed by atoms with Crippen molar-refractivity contribution in [3.8, 4) is 6.07 Å². The van der Waals surface area contributed by atoms with Crippen LogP contribution in [0.15, 0.2) is 12.7 Å². The van der Waals surface area contributed by atoms with Gasteiger partial charge in [0.15, 0.2) is 0 Å². The van der Waals surface area contributed by atoms with E-state index in [1.165, 1.54) is 6.08 Å². The molecule has 0 aliphatic rings. The molecule has 0 fully saturated rings. The largest absolute Gasteiger partial charge is 0.394 e. The van der Waals surface area contributed by atoms with Gasteiger partial charge >= 0.3 is 10.4 Å². The molecule has 7 heteroatoms. The molecule has 2 N–H and O–H groups in total. The van der Waals surface area contributed by atoms with E-state index in [-0.39, 0.29) is 17.1 Å². The van der Waals surface area contributed by atoms with E-state index in [4.69, 9.17) is 22.8 Å². The molecule has 0 aliphatic heterocycles. The smallest absolute Gasteiger partial charge is 0.264 e. The zero-order valence-corrected chi connectivity index (χ0v) is 6.41. The standard InChI is InChI=1S/C3H3N.Cu.H2O4S/c1-2-3-4;;1-5(2,3)4/h2H,1H2;;(H2,1,2,3,4). The molecular weight excluding hydrogens is 210 g/mol. The molecule has 5 nitrogen and oxygen atoms in total. The summed E-state index contributed by atoms with van der Waals surface area (Å²) in [6, 6.07) is 1.69. The summed E-state index contributed by atoms with van der Waals surface area (Å²) in [4.78, 5) is 0. The summed E-state index contributed by atoms with van der Waals surface area (Å²) in [6.07, 6.45) is 1.18. The fraction of sp³-hybridized carbons (Fsp3) is 0. The van der Waals surface area contributed by atoms with Gasteiger partial charge in [-0.25, -0.2) is 0 Å². The molecule has 0 saturated carbocycles. The maximum Gasteiger partial charge on any atom is 0.394 e. The Morgan fingerprint density at radius 3 is 1.60 bits per heavy atom. The van der Waals surface area contributed by atoms with Crippen LogP contribution in [-0.4, -0.2) is 17.5 Å². The van der Waals surface area contributed by atoms with E-state index in [2.05, 4.69) is 6.58 Å². The monoisotopic (exact) mass is 214 g/mol. The molecule has 0 saturated heterocycles. The van der Waals surface area contributed by atoms with E-state index in [1.54, 1.807) is 6.07 Å². The first kappa shape index (κ1) is 16.3. The van der Waals surface area contributed by atoms with Crippen molar-refractivity contribution in [2.45, 2.75) is 0 Å². The summed E-state index contributed by atoms with van der Waals surface area (Å²) in [6.45, 7) is 3.12. The number of hydrogen-bond donors (Lipinski definition) is 2. The first-order valence-electron chi connectivity index (χ1n) is 1.62. The van der Waals surface area contributed by atoms with Gasteiger partial charge in [0, 0.05) is 23.1 Å². The van der Waals surface area contributed by atoms with Crippen LogP contribution in [-0.2, 0) is 27.5 Å². The molecule has 0 atom stereocenters. The Bertz CT molecular complexity index is 195. The molecule has 0 bridgehead atoms. The molecule has 1 radical (unpaired) electrons. The summed E-state index contributed by atoms with van der Waals surface area (Å²) in [5.74, 6) is 0. The molecule has 0 heterocycles. The number of allylic oxidation sites excluding steroid dienone is 1. The summed E-state index contributed by atoms with van der Waals surface area (Å²) in [5.41, 5.74) is 0. The van der Waals surface area contributed by atoms with E-state index in [0.717, 1.165) is 0 Å². The van der Waals surface area contributed by atoms with Crippen LogP contribution in [0.1, 0.15) is 0 Å². The van der Waals surface area contributed by atoms with E-state index in [9.17, 15) is 0 Å². The fourth-order valence-corrected chi connectivity index (χ4v) is 0. The Morgan fingerprint density at radius 1 is 1.50 bits per heavy atom. The Morgan fingerprint density at radius 2 is 1.60 bits per heavy atom. The maximum atomic E-state index is 8.74. The van der Waals surface area contributed by atoms with Crippen LogP contribution in [0.25, 0.3) is 0 Å². The topological polar surface area (TPSA) is 98.4 Å². The van der Waals surface area contributed by atoms with Crippen LogP contribution in [0, 0.1) is 11.3 Å². The number of rotatable bonds is 0. The van der Waals surface area contributed by atoms with Crippen molar-refractivity contribution in [3.63, 3.8) is 0 Å². The molecule has 0 aromatic rings. The van der Waals surface area contributed by atoms with Crippen LogP contribution in [0.2, 0.25) is 0 Å². The molecule has 0 spiro atoms. The average Bonchev–Trinajstić information content (AvgIpc) is 1.61. The Kier molecular flexibility index (Phi) is 14.1. The van der Waals surface area contributed by atoms with Crippen LogP contribution in [0.4, 0.5) is 0 Å². The molecule has 0 amide bonds. The zero-order chi connectivity index (χ0) is 7.91. The van der Waals surface area contributed by atoms with Gasteiger partial charge in [0.2, 0.25) is 0 Å². The van der Waals surface area contributed by atoms with Crippen molar-refractivity contribution in [2.75, 3.05) is 0 Å². The minimum atomic E-state index is -4.67. The van der Waals surface area contributed by atoms with Crippen LogP contribution in [0.3, 0.4) is 0 Å². The second-order valence-electron chi connectivity index (χ2n) is 0.781. The van der Waals surface area contributed by atoms with E-state index < -0.39 is 10.4 Å². The molecule has 10 heavy (non-hydrogen) atoms. The third-order valence-corrected chi connectivity index (χ3v) is 0.0913. The number of nitriles is 1. The van der Waals surface area contributed by atoms with Crippen LogP contribution >= 0.6 is 0 Å². The van der Waals surface area contributed by atoms with Gasteiger partial charge in [0.25, 0.3) is 0 Å². The Labute approximate surface area is 69.4 Å². The first-order valence-corrected chi connectivity index (χ1v) is 3.02. The van der Waals surface area contributed by atoms with Gasteiger partial charge in [0.1, 0.15) is 0 Å². The Hall–Kier alpha value is -0.381. The second-order valence-corrected chi connectivity index (χ2v) is 1.68. The zero-order valence-electron chi connectivity index (χ0n) is 4.65. The summed E-state index contributed by atoms with van der Waals surface area (Å²) < 4.78 is 31.6. The first-order chi connectivity index (χ1) is 3.91. The summed E-state index contributed by atoms with van der Waals surface area (Å²) in [7, 11) is -4.67. The van der Waals surface area contributed by atoms with E-state index in [0.29, 0.717) is 0 Å². The predicted octanol–water partition coefficient (Wildman–Crippen LogP) is 0.0407. The third kappa shape index (κ3) is 870. The fourth-order valence-electron chi connectivity index (χ4n) is 0. The van der Waals surface area contributed by atoms with Gasteiger partial charge in [0.05, 0.1) is 6.07 Å². The van der Waals surface area contributed by atoms with E-state index in [1.807, 2.05) is 0 Å². The van der Waals surface area contributed by atoms with Crippen molar-refractivity contribution in [1.82, 2.24) is 0 Å². The van der Waals surface area contributed by atoms with Gasteiger partial charge in [-0.1, -0.05) is 6.58 Å². The number of hydrogen-bond acceptors (Lipinski definition) is 3. The average molecular weight is 215 g/mol.